The van der Waals surface area contributed by atoms with Gasteiger partial charge in [0.15, 0.2) is 0 Å². The zero-order valence-electron chi connectivity index (χ0n) is 9.58. The summed E-state index contributed by atoms with van der Waals surface area (Å²) in [6, 6.07) is 2.44. The first-order valence-electron chi connectivity index (χ1n) is 5.83. The minimum absolute atomic E-state index is 0.0438. The number of carbonyl (C=O) groups excluding carboxylic acids is 1. The first-order valence-corrected chi connectivity index (χ1v) is 5.83. The lowest BCUT2D eigenvalue weighted by Gasteiger charge is -2.05. The minimum Gasteiger partial charge on any atom is -0.469 e. The Hall–Kier alpha value is -1.29. The van der Waals surface area contributed by atoms with Crippen molar-refractivity contribution in [2.75, 3.05) is 13.1 Å². The average molecular weight is 222 g/mol. The van der Waals surface area contributed by atoms with Gasteiger partial charge in [-0.25, -0.2) is 0 Å². The molecule has 1 saturated carbocycles. The summed E-state index contributed by atoms with van der Waals surface area (Å²) in [6.45, 7) is 3.49. The molecule has 1 aliphatic rings. The molecular formula is C12H18N2O2. The maximum Gasteiger partial charge on any atom is 0.254 e. The van der Waals surface area contributed by atoms with Crippen molar-refractivity contribution in [3.63, 3.8) is 0 Å². The van der Waals surface area contributed by atoms with Gasteiger partial charge in [-0.2, -0.15) is 0 Å². The van der Waals surface area contributed by atoms with E-state index in [-0.39, 0.29) is 5.91 Å². The standard InChI is InChI=1S/C12H18N2O2/c1-9-11(5-8-16-9)12(15)14-7-2-6-13-10-3-4-10/h5,8,10,13H,2-4,6-7H2,1H3,(H,14,15). The Balaban J connectivity index is 1.61. The van der Waals surface area contributed by atoms with Crippen molar-refractivity contribution in [2.24, 2.45) is 0 Å². The molecule has 0 unspecified atom stereocenters. The van der Waals surface area contributed by atoms with Crippen LogP contribution in [0.25, 0.3) is 0 Å². The van der Waals surface area contributed by atoms with Crippen LogP contribution in [0.5, 0.6) is 0 Å². The van der Waals surface area contributed by atoms with Gasteiger partial charge in [0.25, 0.3) is 5.91 Å². The Morgan fingerprint density at radius 1 is 1.50 bits per heavy atom. The Bertz CT molecular complexity index is 356. The van der Waals surface area contributed by atoms with E-state index < -0.39 is 0 Å². The molecule has 16 heavy (non-hydrogen) atoms. The van der Waals surface area contributed by atoms with Gasteiger partial charge >= 0.3 is 0 Å². The number of rotatable bonds is 6. The highest BCUT2D eigenvalue weighted by molar-refractivity contribution is 5.94. The molecule has 0 saturated heterocycles. The second-order valence-electron chi connectivity index (χ2n) is 4.23. The number of hydrogen-bond acceptors (Lipinski definition) is 3. The molecule has 0 spiro atoms. The molecule has 1 heterocycles. The van der Waals surface area contributed by atoms with Crippen LogP contribution in [0, 0.1) is 6.92 Å². The molecule has 1 aromatic heterocycles. The zero-order chi connectivity index (χ0) is 11.4. The van der Waals surface area contributed by atoms with Crippen molar-refractivity contribution < 1.29 is 9.21 Å². The van der Waals surface area contributed by atoms with Crippen LogP contribution in [0.4, 0.5) is 0 Å². The number of amides is 1. The molecule has 2 rings (SSSR count). The van der Waals surface area contributed by atoms with E-state index in [1.54, 1.807) is 19.3 Å². The third-order valence-electron chi connectivity index (χ3n) is 2.75. The molecule has 0 atom stereocenters. The third kappa shape index (κ3) is 3.10. The fourth-order valence-electron chi connectivity index (χ4n) is 1.60. The normalized spacial score (nSPS) is 15.1. The first kappa shape index (κ1) is 11.2. The van der Waals surface area contributed by atoms with Crippen LogP contribution in [0.3, 0.4) is 0 Å². The van der Waals surface area contributed by atoms with Crippen molar-refractivity contribution in [2.45, 2.75) is 32.2 Å². The van der Waals surface area contributed by atoms with Gasteiger partial charge in [0.2, 0.25) is 0 Å². The lowest BCUT2D eigenvalue weighted by molar-refractivity contribution is 0.0951. The molecule has 0 aromatic carbocycles. The lowest BCUT2D eigenvalue weighted by Crippen LogP contribution is -2.28. The Kier molecular flexibility index (Phi) is 3.62. The number of hydrogen-bond donors (Lipinski definition) is 2. The number of nitrogens with one attached hydrogen (secondary N) is 2. The summed E-state index contributed by atoms with van der Waals surface area (Å²) in [5, 5.41) is 6.29. The summed E-state index contributed by atoms with van der Waals surface area (Å²) in [5.41, 5.74) is 0.634. The van der Waals surface area contributed by atoms with Gasteiger partial charge in [0, 0.05) is 12.6 Å². The Morgan fingerprint density at radius 3 is 2.94 bits per heavy atom. The van der Waals surface area contributed by atoms with Gasteiger partial charge < -0.3 is 15.1 Å². The van der Waals surface area contributed by atoms with Crippen molar-refractivity contribution in [3.8, 4) is 0 Å². The molecule has 0 aliphatic heterocycles. The van der Waals surface area contributed by atoms with E-state index in [1.807, 2.05) is 0 Å². The van der Waals surface area contributed by atoms with Crippen LogP contribution in [0.2, 0.25) is 0 Å². The van der Waals surface area contributed by atoms with E-state index in [2.05, 4.69) is 10.6 Å². The topological polar surface area (TPSA) is 54.3 Å². The number of carbonyl (C=O) groups is 1. The molecule has 1 aromatic rings. The molecule has 4 nitrogen and oxygen atoms in total. The van der Waals surface area contributed by atoms with E-state index in [4.69, 9.17) is 4.42 Å². The highest BCUT2D eigenvalue weighted by Crippen LogP contribution is 2.18. The third-order valence-corrected chi connectivity index (χ3v) is 2.75. The average Bonchev–Trinajstić information content (AvgIpc) is 2.99. The van der Waals surface area contributed by atoms with Crippen LogP contribution >= 0.6 is 0 Å². The fourth-order valence-corrected chi connectivity index (χ4v) is 1.60. The zero-order valence-corrected chi connectivity index (χ0v) is 9.58. The molecule has 0 bridgehead atoms. The van der Waals surface area contributed by atoms with Crippen LogP contribution in [-0.2, 0) is 0 Å². The van der Waals surface area contributed by atoms with Crippen molar-refractivity contribution >= 4 is 5.91 Å². The molecule has 1 amide bonds. The van der Waals surface area contributed by atoms with Gasteiger partial charge in [0.05, 0.1) is 11.8 Å². The predicted octanol–water partition coefficient (Wildman–Crippen LogP) is 1.46. The van der Waals surface area contributed by atoms with Gasteiger partial charge in [-0.15, -0.1) is 0 Å². The van der Waals surface area contributed by atoms with Gasteiger partial charge in [-0.05, 0) is 38.8 Å². The molecular weight excluding hydrogens is 204 g/mol. The second-order valence-corrected chi connectivity index (χ2v) is 4.23. The van der Waals surface area contributed by atoms with E-state index in [1.165, 1.54) is 12.8 Å². The second kappa shape index (κ2) is 5.16. The Labute approximate surface area is 95.4 Å². The Morgan fingerprint density at radius 2 is 2.31 bits per heavy atom. The number of aryl methyl sites for hydroxylation is 1. The summed E-state index contributed by atoms with van der Waals surface area (Å²) < 4.78 is 5.08. The molecule has 88 valence electrons. The van der Waals surface area contributed by atoms with Crippen LogP contribution in [-0.4, -0.2) is 25.0 Å². The van der Waals surface area contributed by atoms with Crippen molar-refractivity contribution in [3.05, 3.63) is 23.7 Å². The summed E-state index contributed by atoms with van der Waals surface area (Å²) in [7, 11) is 0. The first-order chi connectivity index (χ1) is 7.77. The van der Waals surface area contributed by atoms with Crippen molar-refractivity contribution in [1.29, 1.82) is 0 Å². The SMILES string of the molecule is Cc1occc1C(=O)NCCCNC1CC1. The molecule has 4 heteroatoms. The molecule has 2 N–H and O–H groups in total. The molecule has 0 radical (unpaired) electrons. The quantitative estimate of drug-likeness (QED) is 0.716. The highest BCUT2D eigenvalue weighted by Gasteiger charge is 2.19. The fraction of sp³-hybridized carbons (Fsp3) is 0.583. The minimum atomic E-state index is -0.0438. The summed E-state index contributed by atoms with van der Waals surface area (Å²) in [5.74, 6) is 0.631. The van der Waals surface area contributed by atoms with Crippen molar-refractivity contribution in [1.82, 2.24) is 10.6 Å². The number of furan rings is 1. The van der Waals surface area contributed by atoms with E-state index in [0.29, 0.717) is 17.9 Å². The summed E-state index contributed by atoms with van der Waals surface area (Å²) in [6.07, 6.45) is 5.12. The summed E-state index contributed by atoms with van der Waals surface area (Å²) >= 11 is 0. The molecule has 1 fully saturated rings. The largest absolute Gasteiger partial charge is 0.469 e. The van der Waals surface area contributed by atoms with Crippen LogP contribution < -0.4 is 10.6 Å². The lowest BCUT2D eigenvalue weighted by atomic mass is 10.2. The maximum absolute atomic E-state index is 11.6. The van der Waals surface area contributed by atoms with E-state index in [0.717, 1.165) is 19.0 Å². The van der Waals surface area contributed by atoms with Crippen LogP contribution in [0.15, 0.2) is 16.7 Å². The van der Waals surface area contributed by atoms with E-state index in [9.17, 15) is 4.79 Å². The summed E-state index contributed by atoms with van der Waals surface area (Å²) in [4.78, 5) is 11.6. The van der Waals surface area contributed by atoms with E-state index >= 15 is 0 Å². The molecule has 1 aliphatic carbocycles. The highest BCUT2D eigenvalue weighted by atomic mass is 16.3. The predicted molar refractivity (Wildman–Crippen MR) is 61.4 cm³/mol. The van der Waals surface area contributed by atoms with Gasteiger partial charge in [0.1, 0.15) is 5.76 Å². The monoisotopic (exact) mass is 222 g/mol. The van der Waals surface area contributed by atoms with Crippen LogP contribution in [0.1, 0.15) is 35.4 Å². The van der Waals surface area contributed by atoms with Gasteiger partial charge in [-0.3, -0.25) is 4.79 Å². The smallest absolute Gasteiger partial charge is 0.254 e. The van der Waals surface area contributed by atoms with Gasteiger partial charge in [-0.1, -0.05) is 0 Å². The maximum atomic E-state index is 11.6.